The normalized spacial score (nSPS) is 18.3. The summed E-state index contributed by atoms with van der Waals surface area (Å²) in [5, 5.41) is 2.65. The van der Waals surface area contributed by atoms with Gasteiger partial charge in [-0.25, -0.2) is 4.98 Å². The molecule has 12 heavy (non-hydrogen) atoms. The molecule has 0 amide bonds. The molecule has 1 aromatic heterocycles. The van der Waals surface area contributed by atoms with E-state index in [9.17, 15) is 4.79 Å². The Kier molecular flexibility index (Phi) is 2.21. The van der Waals surface area contributed by atoms with Gasteiger partial charge in [-0.2, -0.15) is 0 Å². The Hall–Kier alpha value is -0.700. The molecular weight excluding hydrogens is 170 g/mol. The Labute approximate surface area is 75.6 Å². The van der Waals surface area contributed by atoms with E-state index in [-0.39, 0.29) is 0 Å². The fourth-order valence-corrected chi connectivity index (χ4v) is 2.46. The van der Waals surface area contributed by atoms with E-state index in [1.54, 1.807) is 0 Å². The third-order valence-corrected chi connectivity index (χ3v) is 3.20. The van der Waals surface area contributed by atoms with Crippen molar-refractivity contribution in [2.24, 2.45) is 0 Å². The largest absolute Gasteiger partial charge is 0.295 e. The fourth-order valence-electron chi connectivity index (χ4n) is 1.76. The first-order valence-corrected chi connectivity index (χ1v) is 5.18. The molecule has 1 saturated carbocycles. The van der Waals surface area contributed by atoms with Gasteiger partial charge < -0.3 is 0 Å². The summed E-state index contributed by atoms with van der Waals surface area (Å²) in [6.45, 7) is 0. The molecule has 0 aromatic carbocycles. The molecule has 0 radical (unpaired) electrons. The summed E-state index contributed by atoms with van der Waals surface area (Å²) >= 11 is 1.46. The molecule has 1 aromatic rings. The smallest absolute Gasteiger partial charge is 0.178 e. The van der Waals surface area contributed by atoms with Gasteiger partial charge in [0, 0.05) is 11.3 Å². The Morgan fingerprint density at radius 2 is 2.25 bits per heavy atom. The van der Waals surface area contributed by atoms with Crippen molar-refractivity contribution in [1.82, 2.24) is 4.98 Å². The van der Waals surface area contributed by atoms with Gasteiger partial charge in [0.1, 0.15) is 0 Å². The summed E-state index contributed by atoms with van der Waals surface area (Å²) in [7, 11) is 0. The average Bonchev–Trinajstić information content (AvgIpc) is 2.75. The van der Waals surface area contributed by atoms with Crippen LogP contribution in [0.25, 0.3) is 0 Å². The number of nitrogens with zero attached hydrogens (tertiary/aromatic N) is 1. The van der Waals surface area contributed by atoms with Crippen molar-refractivity contribution in [3.8, 4) is 0 Å². The quantitative estimate of drug-likeness (QED) is 0.656. The van der Waals surface area contributed by atoms with Crippen molar-refractivity contribution < 1.29 is 4.79 Å². The molecule has 3 heteroatoms. The van der Waals surface area contributed by atoms with Crippen molar-refractivity contribution in [2.75, 3.05) is 0 Å². The van der Waals surface area contributed by atoms with Crippen LogP contribution >= 0.6 is 11.3 Å². The SMILES string of the molecule is O=Cc1nc(C2CCCC2)cs1. The van der Waals surface area contributed by atoms with E-state index in [0.717, 1.165) is 12.0 Å². The van der Waals surface area contributed by atoms with E-state index in [1.165, 1.54) is 37.0 Å². The van der Waals surface area contributed by atoms with Crippen molar-refractivity contribution >= 4 is 17.6 Å². The number of rotatable bonds is 2. The molecule has 1 aliphatic rings. The number of aromatic nitrogens is 1. The number of hydrogen-bond donors (Lipinski definition) is 0. The van der Waals surface area contributed by atoms with Gasteiger partial charge in [0.25, 0.3) is 0 Å². The highest BCUT2D eigenvalue weighted by molar-refractivity contribution is 7.11. The highest BCUT2D eigenvalue weighted by Crippen LogP contribution is 2.34. The zero-order valence-corrected chi connectivity index (χ0v) is 7.64. The summed E-state index contributed by atoms with van der Waals surface area (Å²) in [5.41, 5.74) is 1.14. The van der Waals surface area contributed by atoms with Crippen molar-refractivity contribution in [2.45, 2.75) is 31.6 Å². The fraction of sp³-hybridized carbons (Fsp3) is 0.556. The lowest BCUT2D eigenvalue weighted by Gasteiger charge is -2.02. The molecule has 0 aliphatic heterocycles. The van der Waals surface area contributed by atoms with Gasteiger partial charge in [-0.05, 0) is 12.8 Å². The number of thiazole rings is 1. The lowest BCUT2D eigenvalue weighted by molar-refractivity contribution is 0.112. The first kappa shape index (κ1) is 7.92. The molecule has 1 fully saturated rings. The maximum atomic E-state index is 10.4. The van der Waals surface area contributed by atoms with Crippen molar-refractivity contribution in [3.63, 3.8) is 0 Å². The van der Waals surface area contributed by atoms with Gasteiger partial charge in [0.2, 0.25) is 0 Å². The van der Waals surface area contributed by atoms with E-state index < -0.39 is 0 Å². The van der Waals surface area contributed by atoms with Crippen LogP contribution in [-0.2, 0) is 0 Å². The standard InChI is InChI=1S/C9H11NOS/c11-5-9-10-8(6-12-9)7-3-1-2-4-7/h5-7H,1-4H2. The Bertz CT molecular complexity index is 276. The lowest BCUT2D eigenvalue weighted by atomic mass is 10.1. The molecule has 2 rings (SSSR count). The second-order valence-corrected chi connectivity index (χ2v) is 4.10. The van der Waals surface area contributed by atoms with Crippen LogP contribution in [0.3, 0.4) is 0 Å². The molecule has 1 heterocycles. The monoisotopic (exact) mass is 181 g/mol. The minimum atomic E-state index is 0.622. The van der Waals surface area contributed by atoms with Gasteiger partial charge in [-0.15, -0.1) is 11.3 Å². The van der Waals surface area contributed by atoms with Crippen LogP contribution in [-0.4, -0.2) is 11.3 Å². The van der Waals surface area contributed by atoms with E-state index in [2.05, 4.69) is 4.98 Å². The van der Waals surface area contributed by atoms with E-state index in [1.807, 2.05) is 5.38 Å². The van der Waals surface area contributed by atoms with Gasteiger partial charge >= 0.3 is 0 Å². The third kappa shape index (κ3) is 1.41. The van der Waals surface area contributed by atoms with Crippen LogP contribution in [0.15, 0.2) is 5.38 Å². The maximum Gasteiger partial charge on any atom is 0.178 e. The van der Waals surface area contributed by atoms with Crippen molar-refractivity contribution in [1.29, 1.82) is 0 Å². The third-order valence-electron chi connectivity index (χ3n) is 2.41. The van der Waals surface area contributed by atoms with Gasteiger partial charge in [0.05, 0.1) is 5.69 Å². The van der Waals surface area contributed by atoms with Crippen LogP contribution in [0.2, 0.25) is 0 Å². The molecular formula is C9H11NOS. The Balaban J connectivity index is 2.16. The van der Waals surface area contributed by atoms with E-state index >= 15 is 0 Å². The molecule has 1 aliphatic carbocycles. The summed E-state index contributed by atoms with van der Waals surface area (Å²) in [4.78, 5) is 14.6. The second-order valence-electron chi connectivity index (χ2n) is 3.21. The molecule has 0 bridgehead atoms. The van der Waals surface area contributed by atoms with Gasteiger partial charge in [-0.3, -0.25) is 4.79 Å². The zero-order chi connectivity index (χ0) is 8.39. The predicted octanol–water partition coefficient (Wildman–Crippen LogP) is 2.61. The molecule has 0 atom stereocenters. The first-order valence-electron chi connectivity index (χ1n) is 4.31. The first-order chi connectivity index (χ1) is 5.90. The summed E-state index contributed by atoms with van der Waals surface area (Å²) < 4.78 is 0. The van der Waals surface area contributed by atoms with Gasteiger partial charge in [0.15, 0.2) is 11.3 Å². The van der Waals surface area contributed by atoms with Gasteiger partial charge in [-0.1, -0.05) is 12.8 Å². The molecule has 0 N–H and O–H groups in total. The predicted molar refractivity (Wildman–Crippen MR) is 48.7 cm³/mol. The second kappa shape index (κ2) is 3.35. The van der Waals surface area contributed by atoms with E-state index in [0.29, 0.717) is 10.9 Å². The van der Waals surface area contributed by atoms with Crippen molar-refractivity contribution in [3.05, 3.63) is 16.1 Å². The summed E-state index contributed by atoms with van der Waals surface area (Å²) in [6.07, 6.45) is 5.98. The number of carbonyl (C=O) groups excluding carboxylic acids is 1. The molecule has 0 saturated heterocycles. The molecule has 2 nitrogen and oxygen atoms in total. The minimum Gasteiger partial charge on any atom is -0.295 e. The summed E-state index contributed by atoms with van der Waals surface area (Å²) in [6, 6.07) is 0. The van der Waals surface area contributed by atoms with Crippen LogP contribution in [0, 0.1) is 0 Å². The maximum absolute atomic E-state index is 10.4. The molecule has 0 unspecified atom stereocenters. The highest BCUT2D eigenvalue weighted by atomic mass is 32.1. The van der Waals surface area contributed by atoms with Crippen LogP contribution in [0.1, 0.15) is 47.1 Å². The topological polar surface area (TPSA) is 30.0 Å². The highest BCUT2D eigenvalue weighted by Gasteiger charge is 2.19. The van der Waals surface area contributed by atoms with Crippen LogP contribution in [0.4, 0.5) is 0 Å². The molecule has 64 valence electrons. The zero-order valence-electron chi connectivity index (χ0n) is 6.82. The van der Waals surface area contributed by atoms with Crippen LogP contribution < -0.4 is 0 Å². The molecule has 0 spiro atoms. The minimum absolute atomic E-state index is 0.622. The lowest BCUT2D eigenvalue weighted by Crippen LogP contribution is -1.92. The average molecular weight is 181 g/mol. The number of carbonyl (C=O) groups is 1. The Morgan fingerprint density at radius 3 is 2.83 bits per heavy atom. The summed E-state index contributed by atoms with van der Waals surface area (Å²) in [5.74, 6) is 0.634. The number of hydrogen-bond acceptors (Lipinski definition) is 3. The number of aldehydes is 1. The Morgan fingerprint density at radius 1 is 1.50 bits per heavy atom. The van der Waals surface area contributed by atoms with E-state index in [4.69, 9.17) is 0 Å². The van der Waals surface area contributed by atoms with Crippen LogP contribution in [0.5, 0.6) is 0 Å².